The Labute approximate surface area is 220 Å². The minimum atomic E-state index is -1.36. The highest BCUT2D eigenvalue weighted by atomic mass is 35.5. The third kappa shape index (κ3) is 5.81. The quantitative estimate of drug-likeness (QED) is 0.309. The lowest BCUT2D eigenvalue weighted by Gasteiger charge is -2.11. The lowest BCUT2D eigenvalue weighted by atomic mass is 9.94. The van der Waals surface area contributed by atoms with Crippen molar-refractivity contribution in [1.29, 1.82) is 0 Å². The predicted octanol–water partition coefficient (Wildman–Crippen LogP) is 5.18. The van der Waals surface area contributed by atoms with E-state index in [0.29, 0.717) is 21.8 Å². The predicted molar refractivity (Wildman–Crippen MR) is 135 cm³/mol. The number of anilines is 1. The molecule has 1 aliphatic carbocycles. The first-order valence-corrected chi connectivity index (χ1v) is 12.6. The van der Waals surface area contributed by atoms with Crippen molar-refractivity contribution in [1.82, 2.24) is 20.2 Å². The van der Waals surface area contributed by atoms with Gasteiger partial charge in [0.25, 0.3) is 0 Å². The van der Waals surface area contributed by atoms with E-state index in [1.165, 1.54) is 36.2 Å². The van der Waals surface area contributed by atoms with Crippen LogP contribution >= 0.6 is 35.0 Å². The molecule has 4 rings (SSSR count). The van der Waals surface area contributed by atoms with Crippen LogP contribution in [0.2, 0.25) is 10.0 Å². The molecule has 0 bridgehead atoms. The number of carbonyl (C=O) groups excluding carboxylic acids is 1. The van der Waals surface area contributed by atoms with Gasteiger partial charge in [0.05, 0.1) is 27.7 Å². The number of benzene rings is 2. The van der Waals surface area contributed by atoms with Gasteiger partial charge in [-0.15, -0.1) is 5.10 Å². The third-order valence-corrected chi connectivity index (χ3v) is 7.01. The van der Waals surface area contributed by atoms with Crippen LogP contribution in [0.15, 0.2) is 35.5 Å². The smallest absolute Gasteiger partial charge is 0.321 e. The van der Waals surface area contributed by atoms with Crippen molar-refractivity contribution in [3.05, 3.63) is 57.3 Å². The van der Waals surface area contributed by atoms with E-state index in [-0.39, 0.29) is 22.0 Å². The first kappa shape index (κ1) is 25.9. The van der Waals surface area contributed by atoms with Crippen molar-refractivity contribution in [3.8, 4) is 17.5 Å². The van der Waals surface area contributed by atoms with E-state index in [4.69, 9.17) is 28.3 Å². The number of carbonyl (C=O) groups is 2. The first-order valence-electron chi connectivity index (χ1n) is 10.8. The van der Waals surface area contributed by atoms with Gasteiger partial charge >= 0.3 is 5.97 Å². The molecule has 186 valence electrons. The number of rotatable bonds is 7. The molecule has 36 heavy (non-hydrogen) atoms. The standard InChI is InChI=1S/C24H20Cl2FN5O3S/c1-24(2,22(34)35)10-9-14-5-7-17(20(26)21(14)27)28-19(33)12-36-23-29-30-31-32(23)18-8-6-15(11-16(18)25)13-3-4-13/h5-8,11,13H,3-4,12H2,1-2H3,(H,28,33)(H,34,35). The average molecular weight is 548 g/mol. The van der Waals surface area contributed by atoms with Crippen LogP contribution in [0, 0.1) is 23.1 Å². The number of amides is 1. The Morgan fingerprint density at radius 3 is 2.69 bits per heavy atom. The maximum absolute atomic E-state index is 14.7. The van der Waals surface area contributed by atoms with Gasteiger partial charge in [-0.25, -0.2) is 4.39 Å². The maximum atomic E-state index is 14.7. The molecule has 1 fully saturated rings. The molecule has 0 saturated heterocycles. The van der Waals surface area contributed by atoms with E-state index in [0.717, 1.165) is 24.6 Å². The van der Waals surface area contributed by atoms with Gasteiger partial charge in [0.2, 0.25) is 11.1 Å². The van der Waals surface area contributed by atoms with Gasteiger partial charge in [-0.2, -0.15) is 4.68 Å². The zero-order valence-corrected chi connectivity index (χ0v) is 21.5. The SMILES string of the molecule is CC(C)(C#Cc1ccc(NC(=O)CSc2nnnn2-c2ccc(C3CC3)cc2Cl)c(Cl)c1F)C(=O)O. The molecule has 1 aliphatic rings. The van der Waals surface area contributed by atoms with E-state index in [1.807, 2.05) is 18.2 Å². The molecular formula is C24H20Cl2FN5O3S. The topological polar surface area (TPSA) is 110 Å². The van der Waals surface area contributed by atoms with E-state index in [2.05, 4.69) is 32.7 Å². The van der Waals surface area contributed by atoms with E-state index in [1.54, 1.807) is 0 Å². The lowest BCUT2D eigenvalue weighted by molar-refractivity contribution is -0.143. The van der Waals surface area contributed by atoms with E-state index < -0.39 is 23.1 Å². The molecule has 2 aromatic carbocycles. The van der Waals surface area contributed by atoms with Crippen molar-refractivity contribution in [3.63, 3.8) is 0 Å². The molecule has 1 amide bonds. The first-order chi connectivity index (χ1) is 17.1. The summed E-state index contributed by atoms with van der Waals surface area (Å²) >= 11 is 13.6. The number of nitrogens with zero attached hydrogens (tertiary/aromatic N) is 4. The Kier molecular flexibility index (Phi) is 7.54. The molecule has 0 spiro atoms. The Morgan fingerprint density at radius 2 is 2.03 bits per heavy atom. The Morgan fingerprint density at radius 1 is 1.28 bits per heavy atom. The molecule has 2 N–H and O–H groups in total. The summed E-state index contributed by atoms with van der Waals surface area (Å²) in [4.78, 5) is 23.7. The number of thioether (sulfide) groups is 1. The van der Waals surface area contributed by atoms with Gasteiger partial charge in [-0.05, 0) is 72.9 Å². The number of carboxylic acid groups (broad SMARTS) is 1. The normalized spacial score (nSPS) is 13.1. The molecule has 12 heteroatoms. The molecule has 1 heterocycles. The van der Waals surface area contributed by atoms with Crippen LogP contribution in [0.3, 0.4) is 0 Å². The minimum absolute atomic E-state index is 0.0566. The third-order valence-electron chi connectivity index (χ3n) is 5.42. The molecule has 0 radical (unpaired) electrons. The molecule has 1 saturated carbocycles. The maximum Gasteiger partial charge on any atom is 0.321 e. The van der Waals surface area contributed by atoms with Gasteiger partial charge in [-0.3, -0.25) is 9.59 Å². The zero-order valence-electron chi connectivity index (χ0n) is 19.2. The van der Waals surface area contributed by atoms with Crippen LogP contribution in [0.4, 0.5) is 10.1 Å². The van der Waals surface area contributed by atoms with Gasteiger partial charge in [0.15, 0.2) is 5.82 Å². The largest absolute Gasteiger partial charge is 0.480 e. The highest BCUT2D eigenvalue weighted by molar-refractivity contribution is 7.99. The zero-order chi connectivity index (χ0) is 26.0. The number of tetrazole rings is 1. The van der Waals surface area contributed by atoms with E-state index in [9.17, 15) is 14.0 Å². The number of aliphatic carboxylic acids is 1. The number of hydrogen-bond donors (Lipinski definition) is 2. The van der Waals surface area contributed by atoms with Crippen LogP contribution in [0.5, 0.6) is 0 Å². The number of aromatic nitrogens is 4. The van der Waals surface area contributed by atoms with Gasteiger partial charge in [-0.1, -0.05) is 52.9 Å². The second-order valence-electron chi connectivity index (χ2n) is 8.66. The number of hydrogen-bond acceptors (Lipinski definition) is 6. The van der Waals surface area contributed by atoms with Crippen molar-refractivity contribution >= 4 is 52.5 Å². The molecule has 0 aliphatic heterocycles. The Bertz CT molecular complexity index is 1410. The van der Waals surface area contributed by atoms with E-state index >= 15 is 0 Å². The number of carboxylic acids is 1. The van der Waals surface area contributed by atoms with Crippen molar-refractivity contribution in [2.75, 3.05) is 11.1 Å². The summed E-state index contributed by atoms with van der Waals surface area (Å²) in [5.74, 6) is 3.02. The van der Waals surface area contributed by atoms with Crippen LogP contribution in [-0.4, -0.2) is 42.9 Å². The average Bonchev–Trinajstić information content (AvgIpc) is 3.58. The fourth-order valence-electron chi connectivity index (χ4n) is 3.12. The van der Waals surface area contributed by atoms with Crippen LogP contribution < -0.4 is 5.32 Å². The molecule has 0 unspecified atom stereocenters. The fourth-order valence-corrected chi connectivity index (χ4v) is 4.29. The van der Waals surface area contributed by atoms with Crippen molar-refractivity contribution in [2.24, 2.45) is 5.41 Å². The summed E-state index contributed by atoms with van der Waals surface area (Å²) in [7, 11) is 0. The number of halogens is 3. The second kappa shape index (κ2) is 10.5. The van der Waals surface area contributed by atoms with Crippen LogP contribution in [0.1, 0.15) is 43.7 Å². The lowest BCUT2D eigenvalue weighted by Crippen LogP contribution is -2.21. The second-order valence-corrected chi connectivity index (χ2v) is 10.4. The summed E-state index contributed by atoms with van der Waals surface area (Å²) < 4.78 is 16.1. The summed E-state index contributed by atoms with van der Waals surface area (Å²) in [6.45, 7) is 2.81. The molecule has 3 aromatic rings. The molecule has 8 nitrogen and oxygen atoms in total. The van der Waals surface area contributed by atoms with Crippen molar-refractivity contribution in [2.45, 2.75) is 37.8 Å². The summed E-state index contributed by atoms with van der Waals surface area (Å²) in [5, 5.41) is 23.8. The summed E-state index contributed by atoms with van der Waals surface area (Å²) in [5.41, 5.74) is 0.396. The highest BCUT2D eigenvalue weighted by Gasteiger charge is 2.25. The van der Waals surface area contributed by atoms with Crippen LogP contribution in [0.25, 0.3) is 5.69 Å². The highest BCUT2D eigenvalue weighted by Crippen LogP contribution is 2.41. The molecule has 0 atom stereocenters. The van der Waals surface area contributed by atoms with Gasteiger partial charge in [0.1, 0.15) is 10.4 Å². The van der Waals surface area contributed by atoms with Gasteiger partial charge < -0.3 is 10.4 Å². The van der Waals surface area contributed by atoms with Crippen LogP contribution in [-0.2, 0) is 9.59 Å². The Hall–Kier alpha value is -3.13. The monoisotopic (exact) mass is 547 g/mol. The minimum Gasteiger partial charge on any atom is -0.480 e. The van der Waals surface area contributed by atoms with Gasteiger partial charge in [0, 0.05) is 0 Å². The Balaban J connectivity index is 1.42. The van der Waals surface area contributed by atoms with Crippen molar-refractivity contribution < 1.29 is 19.1 Å². The molecule has 1 aromatic heterocycles. The molecular weight excluding hydrogens is 528 g/mol. The number of nitrogens with one attached hydrogen (secondary N) is 1. The summed E-state index contributed by atoms with van der Waals surface area (Å²) in [6.07, 6.45) is 2.31. The fraction of sp³-hybridized carbons (Fsp3) is 0.292. The summed E-state index contributed by atoms with van der Waals surface area (Å²) in [6, 6.07) is 8.47.